The molecule has 1 aliphatic rings. The van der Waals surface area contributed by atoms with E-state index in [2.05, 4.69) is 9.34 Å². The molecule has 0 amide bonds. The molecule has 3 nitrogen and oxygen atoms in total. The predicted octanol–water partition coefficient (Wildman–Crippen LogP) is 0.676. The van der Waals surface area contributed by atoms with Crippen molar-refractivity contribution in [3.63, 3.8) is 0 Å². The zero-order valence-electron chi connectivity index (χ0n) is 8.64. The molecule has 1 N–H and O–H groups in total. The molecule has 1 heterocycles. The summed E-state index contributed by atoms with van der Waals surface area (Å²) in [5.74, 6) is 0. The first kappa shape index (κ1) is 10.1. The molecule has 1 aromatic carbocycles. The van der Waals surface area contributed by atoms with Crippen LogP contribution >= 0.6 is 7.79 Å². The molecule has 0 aromatic heterocycles. The zero-order chi connectivity index (χ0) is 10.2. The van der Waals surface area contributed by atoms with E-state index in [1.165, 1.54) is 0 Å². The molecular formula is C10H17N2OP. The fourth-order valence-electron chi connectivity index (χ4n) is 2.01. The predicted molar refractivity (Wildman–Crippen MR) is 61.9 cm³/mol. The third kappa shape index (κ3) is 1.37. The van der Waals surface area contributed by atoms with Crippen LogP contribution in [0.5, 0.6) is 0 Å². The van der Waals surface area contributed by atoms with Gasteiger partial charge < -0.3 is 0 Å². The van der Waals surface area contributed by atoms with Crippen LogP contribution in [0.3, 0.4) is 0 Å². The molecule has 1 aliphatic heterocycles. The molecule has 0 radical (unpaired) electrons. The van der Waals surface area contributed by atoms with Crippen LogP contribution in [-0.2, 0) is 0 Å². The summed E-state index contributed by atoms with van der Waals surface area (Å²) >= 11 is 0. The van der Waals surface area contributed by atoms with Gasteiger partial charge in [0.1, 0.15) is 0 Å². The van der Waals surface area contributed by atoms with Crippen molar-refractivity contribution in [2.45, 2.75) is 0 Å². The van der Waals surface area contributed by atoms with Crippen LogP contribution in [0.1, 0.15) is 0 Å². The number of benzene rings is 1. The fraction of sp³-hybridized carbons (Fsp3) is 0.400. The van der Waals surface area contributed by atoms with Gasteiger partial charge in [-0.05, 0) is 0 Å². The van der Waals surface area contributed by atoms with Crippen molar-refractivity contribution in [3.05, 3.63) is 30.3 Å². The second kappa shape index (κ2) is 3.59. The average molecular weight is 212 g/mol. The Hall–Kier alpha value is -0.470. The van der Waals surface area contributed by atoms with Gasteiger partial charge in [0.05, 0.1) is 0 Å². The molecule has 0 atom stereocenters. The zero-order valence-corrected chi connectivity index (χ0v) is 9.64. The van der Waals surface area contributed by atoms with Gasteiger partial charge in [-0.25, -0.2) is 0 Å². The molecule has 4 heteroatoms. The Labute approximate surface area is 85.5 Å². The van der Waals surface area contributed by atoms with Crippen molar-refractivity contribution in [2.24, 2.45) is 0 Å². The van der Waals surface area contributed by atoms with Crippen molar-refractivity contribution in [1.29, 1.82) is 0 Å². The van der Waals surface area contributed by atoms with Crippen LogP contribution in [0.25, 0.3) is 0 Å². The maximum atomic E-state index is 10.7. The first-order chi connectivity index (χ1) is 6.65. The van der Waals surface area contributed by atoms with E-state index >= 15 is 0 Å². The van der Waals surface area contributed by atoms with E-state index in [-0.39, 0.29) is 0 Å². The van der Waals surface area contributed by atoms with E-state index in [9.17, 15) is 4.89 Å². The molecule has 14 heavy (non-hydrogen) atoms. The Morgan fingerprint density at radius 1 is 1.07 bits per heavy atom. The Morgan fingerprint density at radius 3 is 2.07 bits per heavy atom. The maximum absolute atomic E-state index is 10.7. The molecule has 0 unspecified atom stereocenters. The van der Waals surface area contributed by atoms with Gasteiger partial charge in [-0.3, -0.25) is 0 Å². The standard InChI is InChI=1S/C10H17N2OP/c1-11-8-9-12(2)14(11,13)10-6-4-3-5-7-10/h3-7,13-14H,8-9H2,1-2H3. The molecule has 1 fully saturated rings. The fourth-order valence-corrected chi connectivity index (χ4v) is 4.93. The number of hydrogen-bond donors (Lipinski definition) is 1. The number of nitrogens with zero attached hydrogens (tertiary/aromatic N) is 2. The molecule has 0 spiro atoms. The molecular weight excluding hydrogens is 195 g/mol. The van der Waals surface area contributed by atoms with Crippen LogP contribution in [0.2, 0.25) is 0 Å². The van der Waals surface area contributed by atoms with Gasteiger partial charge in [-0.2, -0.15) is 0 Å². The van der Waals surface area contributed by atoms with E-state index < -0.39 is 7.79 Å². The first-order valence-corrected chi connectivity index (χ1v) is 6.70. The summed E-state index contributed by atoms with van der Waals surface area (Å²) in [7, 11) is 1.50. The van der Waals surface area contributed by atoms with Crippen molar-refractivity contribution < 1.29 is 4.89 Å². The summed E-state index contributed by atoms with van der Waals surface area (Å²) in [4.78, 5) is 10.7. The third-order valence-electron chi connectivity index (χ3n) is 3.00. The second-order valence-electron chi connectivity index (χ2n) is 3.84. The van der Waals surface area contributed by atoms with E-state index in [1.807, 2.05) is 44.4 Å². The Kier molecular flexibility index (Phi) is 2.58. The molecule has 78 valence electrons. The van der Waals surface area contributed by atoms with Crippen molar-refractivity contribution in [1.82, 2.24) is 9.34 Å². The topological polar surface area (TPSA) is 26.7 Å². The van der Waals surface area contributed by atoms with Gasteiger partial charge in [-0.15, -0.1) is 0 Å². The average Bonchev–Trinajstić information content (AvgIpc) is 2.49. The molecule has 0 bridgehead atoms. The molecule has 1 saturated heterocycles. The SMILES string of the molecule is CN1CCN(C)[PH]1(O)c1ccccc1. The normalized spacial score (nSPS) is 25.1. The van der Waals surface area contributed by atoms with Crippen molar-refractivity contribution >= 4 is 13.1 Å². The van der Waals surface area contributed by atoms with Crippen LogP contribution < -0.4 is 5.30 Å². The Morgan fingerprint density at radius 2 is 1.57 bits per heavy atom. The molecule has 1 aromatic rings. The minimum atomic E-state index is -2.50. The van der Waals surface area contributed by atoms with Crippen LogP contribution in [-0.4, -0.2) is 41.4 Å². The quantitative estimate of drug-likeness (QED) is 0.693. The van der Waals surface area contributed by atoms with E-state index in [1.54, 1.807) is 0 Å². The summed E-state index contributed by atoms with van der Waals surface area (Å²) in [5, 5.41) is 1.07. The summed E-state index contributed by atoms with van der Waals surface area (Å²) in [5.41, 5.74) is 0. The Bertz CT molecular complexity index is 307. The summed E-state index contributed by atoms with van der Waals surface area (Å²) in [6.45, 7) is 1.90. The van der Waals surface area contributed by atoms with Gasteiger partial charge in [-0.1, -0.05) is 0 Å². The summed E-state index contributed by atoms with van der Waals surface area (Å²) in [6, 6.07) is 9.99. The number of hydrogen-bond acceptors (Lipinski definition) is 3. The molecule has 0 aliphatic carbocycles. The number of rotatable bonds is 1. The van der Waals surface area contributed by atoms with Gasteiger partial charge in [0.2, 0.25) is 0 Å². The van der Waals surface area contributed by atoms with E-state index in [0.29, 0.717) is 0 Å². The summed E-state index contributed by atoms with van der Waals surface area (Å²) in [6.07, 6.45) is 0. The first-order valence-electron chi connectivity index (χ1n) is 4.86. The molecule has 2 rings (SSSR count). The third-order valence-corrected chi connectivity index (χ3v) is 6.68. The Balaban J connectivity index is 2.40. The second-order valence-corrected chi connectivity index (χ2v) is 7.22. The number of likely N-dealkylation sites (N-methyl/N-ethyl adjacent to an activating group) is 2. The summed E-state index contributed by atoms with van der Waals surface area (Å²) < 4.78 is 4.20. The van der Waals surface area contributed by atoms with Crippen molar-refractivity contribution in [3.8, 4) is 0 Å². The van der Waals surface area contributed by atoms with Gasteiger partial charge in [0.25, 0.3) is 0 Å². The monoisotopic (exact) mass is 212 g/mol. The van der Waals surface area contributed by atoms with Crippen molar-refractivity contribution in [2.75, 3.05) is 27.2 Å². The van der Waals surface area contributed by atoms with Gasteiger partial charge in [0, 0.05) is 0 Å². The van der Waals surface area contributed by atoms with E-state index in [0.717, 1.165) is 18.4 Å². The molecule has 0 saturated carbocycles. The van der Waals surface area contributed by atoms with Gasteiger partial charge in [0.15, 0.2) is 0 Å². The van der Waals surface area contributed by atoms with Crippen LogP contribution in [0, 0.1) is 0 Å². The van der Waals surface area contributed by atoms with Gasteiger partial charge >= 0.3 is 84.8 Å². The van der Waals surface area contributed by atoms with Crippen LogP contribution in [0.4, 0.5) is 0 Å². The van der Waals surface area contributed by atoms with E-state index in [4.69, 9.17) is 0 Å². The van der Waals surface area contributed by atoms with Crippen LogP contribution in [0.15, 0.2) is 30.3 Å². The minimum absolute atomic E-state index is 0.952.